The summed E-state index contributed by atoms with van der Waals surface area (Å²) in [4.78, 5) is 0. The summed E-state index contributed by atoms with van der Waals surface area (Å²) in [6.45, 7) is 2.18. The van der Waals surface area contributed by atoms with Gasteiger partial charge in [-0.2, -0.15) is 11.8 Å². The lowest BCUT2D eigenvalue weighted by Gasteiger charge is -2.28. The van der Waals surface area contributed by atoms with Crippen molar-refractivity contribution in [2.24, 2.45) is 5.84 Å². The molecule has 0 spiro atoms. The molecule has 11 heavy (non-hydrogen) atoms. The Morgan fingerprint density at radius 2 is 2.55 bits per heavy atom. The molecule has 0 radical (unpaired) electrons. The van der Waals surface area contributed by atoms with Crippen molar-refractivity contribution in [1.82, 2.24) is 5.43 Å². The van der Waals surface area contributed by atoms with Crippen molar-refractivity contribution in [3.63, 3.8) is 0 Å². The van der Waals surface area contributed by atoms with Gasteiger partial charge in [0.2, 0.25) is 0 Å². The second-order valence-electron chi connectivity index (χ2n) is 3.03. The molecule has 0 amide bonds. The van der Waals surface area contributed by atoms with Crippen LogP contribution in [0, 0.1) is 12.3 Å². The molecule has 1 saturated heterocycles. The van der Waals surface area contributed by atoms with Gasteiger partial charge >= 0.3 is 0 Å². The van der Waals surface area contributed by atoms with Crippen LogP contribution < -0.4 is 11.3 Å². The van der Waals surface area contributed by atoms with Gasteiger partial charge in [-0.1, -0.05) is 5.92 Å². The smallest absolute Gasteiger partial charge is 0.0958 e. The molecule has 2 atom stereocenters. The van der Waals surface area contributed by atoms with Crippen LogP contribution in [0.5, 0.6) is 0 Å². The molecule has 0 aliphatic carbocycles. The van der Waals surface area contributed by atoms with Gasteiger partial charge in [0.25, 0.3) is 0 Å². The van der Waals surface area contributed by atoms with Crippen LogP contribution in [0.15, 0.2) is 0 Å². The van der Waals surface area contributed by atoms with Crippen LogP contribution >= 0.6 is 11.8 Å². The van der Waals surface area contributed by atoms with Crippen molar-refractivity contribution >= 4 is 11.8 Å². The minimum absolute atomic E-state index is 0.00926. The van der Waals surface area contributed by atoms with Gasteiger partial charge < -0.3 is 0 Å². The Balaban J connectivity index is 2.62. The second-order valence-corrected chi connectivity index (χ2v) is 4.66. The third kappa shape index (κ3) is 1.70. The van der Waals surface area contributed by atoms with Crippen LogP contribution in [0.25, 0.3) is 0 Å². The quantitative estimate of drug-likeness (QED) is 0.365. The molecule has 0 aromatic rings. The second kappa shape index (κ2) is 3.48. The van der Waals surface area contributed by atoms with Gasteiger partial charge in [0.1, 0.15) is 0 Å². The highest BCUT2D eigenvalue weighted by Gasteiger charge is 2.36. The Kier molecular flexibility index (Phi) is 2.83. The van der Waals surface area contributed by atoms with E-state index in [-0.39, 0.29) is 10.8 Å². The van der Waals surface area contributed by atoms with E-state index < -0.39 is 0 Å². The van der Waals surface area contributed by atoms with Crippen LogP contribution in [-0.4, -0.2) is 16.5 Å². The predicted octanol–water partition coefficient (Wildman–Crippen LogP) is 0.737. The molecule has 0 saturated carbocycles. The third-order valence-electron chi connectivity index (χ3n) is 2.19. The summed E-state index contributed by atoms with van der Waals surface area (Å²) in [5, 5.41) is 0. The van der Waals surface area contributed by atoms with E-state index >= 15 is 0 Å². The molecule has 1 heterocycles. The van der Waals surface area contributed by atoms with Gasteiger partial charge in [0, 0.05) is 4.75 Å². The van der Waals surface area contributed by atoms with E-state index in [1.165, 1.54) is 12.2 Å². The fraction of sp³-hybridized carbons (Fsp3) is 0.750. The zero-order valence-electron chi connectivity index (χ0n) is 6.76. The van der Waals surface area contributed by atoms with Crippen molar-refractivity contribution < 1.29 is 0 Å². The minimum Gasteiger partial charge on any atom is -0.270 e. The van der Waals surface area contributed by atoms with E-state index in [1.807, 2.05) is 11.8 Å². The van der Waals surface area contributed by atoms with Crippen molar-refractivity contribution in [1.29, 1.82) is 0 Å². The topological polar surface area (TPSA) is 38.0 Å². The first-order valence-corrected chi connectivity index (χ1v) is 4.78. The van der Waals surface area contributed by atoms with Gasteiger partial charge in [-0.25, -0.2) is 5.43 Å². The predicted molar refractivity (Wildman–Crippen MR) is 50.0 cm³/mol. The summed E-state index contributed by atoms with van der Waals surface area (Å²) < 4.78 is 0.156. The Morgan fingerprint density at radius 1 is 1.82 bits per heavy atom. The van der Waals surface area contributed by atoms with Crippen molar-refractivity contribution in [2.75, 3.05) is 5.75 Å². The summed E-state index contributed by atoms with van der Waals surface area (Å²) >= 11 is 1.92. The summed E-state index contributed by atoms with van der Waals surface area (Å²) in [7, 11) is 0. The average Bonchev–Trinajstić information content (AvgIpc) is 2.39. The first-order valence-electron chi connectivity index (χ1n) is 3.79. The molecule has 3 heteroatoms. The lowest BCUT2D eigenvalue weighted by molar-refractivity contribution is 0.481. The van der Waals surface area contributed by atoms with Gasteiger partial charge in [-0.3, -0.25) is 5.84 Å². The SMILES string of the molecule is C#CC(NN)C1(C)CCCS1. The molecule has 0 aromatic heterocycles. The number of nitrogens with two attached hydrogens (primary N) is 1. The molecule has 0 aromatic carbocycles. The lowest BCUT2D eigenvalue weighted by atomic mass is 9.97. The molecule has 2 nitrogen and oxygen atoms in total. The summed E-state index contributed by atoms with van der Waals surface area (Å²) in [5.41, 5.74) is 2.68. The van der Waals surface area contributed by atoms with E-state index in [2.05, 4.69) is 18.3 Å². The third-order valence-corrected chi connectivity index (χ3v) is 3.79. The Hall–Kier alpha value is -0.170. The summed E-state index contributed by atoms with van der Waals surface area (Å²) in [6.07, 6.45) is 7.76. The van der Waals surface area contributed by atoms with Crippen LogP contribution in [-0.2, 0) is 0 Å². The Bertz CT molecular complexity index is 167. The van der Waals surface area contributed by atoms with Crippen LogP contribution in [0.3, 0.4) is 0 Å². The van der Waals surface area contributed by atoms with Crippen molar-refractivity contribution in [2.45, 2.75) is 30.6 Å². The van der Waals surface area contributed by atoms with Crippen molar-refractivity contribution in [3.05, 3.63) is 0 Å². The minimum atomic E-state index is 0.00926. The maximum atomic E-state index is 5.34. The molecule has 1 rings (SSSR count). The first kappa shape index (κ1) is 8.92. The zero-order valence-corrected chi connectivity index (χ0v) is 7.58. The first-order chi connectivity index (χ1) is 5.23. The molecular weight excluding hydrogens is 156 g/mol. The summed E-state index contributed by atoms with van der Waals surface area (Å²) in [5.74, 6) is 9.22. The molecule has 1 aliphatic heterocycles. The number of hydrogen-bond acceptors (Lipinski definition) is 3. The van der Waals surface area contributed by atoms with E-state index in [0.717, 1.165) is 6.42 Å². The Labute approximate surface area is 72.3 Å². The molecular formula is C8H14N2S. The molecule has 62 valence electrons. The number of terminal acetylenes is 1. The maximum absolute atomic E-state index is 5.34. The normalized spacial score (nSPS) is 33.2. The fourth-order valence-electron chi connectivity index (χ4n) is 1.43. The number of nitrogens with one attached hydrogen (secondary N) is 1. The molecule has 1 aliphatic rings. The van der Waals surface area contributed by atoms with Gasteiger partial charge in [0.15, 0.2) is 0 Å². The van der Waals surface area contributed by atoms with Crippen LogP contribution in [0.2, 0.25) is 0 Å². The molecule has 2 unspecified atom stereocenters. The lowest BCUT2D eigenvalue weighted by Crippen LogP contribution is -2.47. The zero-order chi connectivity index (χ0) is 8.32. The fourth-order valence-corrected chi connectivity index (χ4v) is 2.78. The van der Waals surface area contributed by atoms with Gasteiger partial charge in [0.05, 0.1) is 6.04 Å². The highest BCUT2D eigenvalue weighted by molar-refractivity contribution is 8.00. The van der Waals surface area contributed by atoms with Crippen LogP contribution in [0.1, 0.15) is 19.8 Å². The maximum Gasteiger partial charge on any atom is 0.0958 e. The molecule has 0 bridgehead atoms. The van der Waals surface area contributed by atoms with Gasteiger partial charge in [-0.15, -0.1) is 6.42 Å². The van der Waals surface area contributed by atoms with E-state index in [1.54, 1.807) is 0 Å². The van der Waals surface area contributed by atoms with Crippen molar-refractivity contribution in [3.8, 4) is 12.3 Å². The van der Waals surface area contributed by atoms with E-state index in [4.69, 9.17) is 12.3 Å². The number of rotatable bonds is 2. The number of thioether (sulfide) groups is 1. The largest absolute Gasteiger partial charge is 0.270 e. The van der Waals surface area contributed by atoms with Crippen LogP contribution in [0.4, 0.5) is 0 Å². The van der Waals surface area contributed by atoms with E-state index in [9.17, 15) is 0 Å². The monoisotopic (exact) mass is 170 g/mol. The summed E-state index contributed by atoms with van der Waals surface area (Å²) in [6, 6.07) is 0.00926. The standard InChI is InChI=1S/C8H14N2S/c1-3-7(10-9)8(2)5-4-6-11-8/h1,7,10H,4-6,9H2,2H3. The highest BCUT2D eigenvalue weighted by atomic mass is 32.2. The molecule has 1 fully saturated rings. The number of hydrogen-bond donors (Lipinski definition) is 2. The highest BCUT2D eigenvalue weighted by Crippen LogP contribution is 2.39. The van der Waals surface area contributed by atoms with E-state index in [0.29, 0.717) is 0 Å². The number of hydrazine groups is 1. The Morgan fingerprint density at radius 3 is 2.91 bits per heavy atom. The van der Waals surface area contributed by atoms with Gasteiger partial charge in [-0.05, 0) is 25.5 Å². The average molecular weight is 170 g/mol. The molecule has 3 N–H and O–H groups in total.